The van der Waals surface area contributed by atoms with Crippen molar-refractivity contribution in [2.24, 2.45) is 0 Å². The van der Waals surface area contributed by atoms with E-state index in [0.717, 1.165) is 11.3 Å². The van der Waals surface area contributed by atoms with Gasteiger partial charge in [0.15, 0.2) is 0 Å². The molecule has 184 valence electrons. The summed E-state index contributed by atoms with van der Waals surface area (Å²) in [4.78, 5) is 17.4. The van der Waals surface area contributed by atoms with Crippen LogP contribution >= 0.6 is 23.2 Å². The summed E-state index contributed by atoms with van der Waals surface area (Å²) in [5.41, 5.74) is 3.05. The average Bonchev–Trinajstić information content (AvgIpc) is 3.36. The second-order valence-electron chi connectivity index (χ2n) is 8.38. The van der Waals surface area contributed by atoms with Crippen molar-refractivity contribution in [2.75, 3.05) is 38.2 Å². The molecule has 9 heteroatoms. The fourth-order valence-electron chi connectivity index (χ4n) is 4.27. The standard InChI is InChI=1S/C27H23Cl2FN4O2/c1-36-20-9-6-18(7-10-20)24-17-26(34(31-24)19-8-11-21(28)22(29)16-19)27(35)33-14-12-32(13-15-33)25-5-3-2-4-23(25)30/h2-11,16-17H,12-15H2,1H3. The lowest BCUT2D eigenvalue weighted by molar-refractivity contribution is 0.0737. The lowest BCUT2D eigenvalue weighted by Gasteiger charge is -2.36. The maximum absolute atomic E-state index is 14.2. The van der Waals surface area contributed by atoms with Crippen LogP contribution in [0.5, 0.6) is 5.75 Å². The van der Waals surface area contributed by atoms with Gasteiger partial charge in [-0.15, -0.1) is 0 Å². The van der Waals surface area contributed by atoms with Gasteiger partial charge in [-0.05, 0) is 60.7 Å². The highest BCUT2D eigenvalue weighted by molar-refractivity contribution is 6.42. The SMILES string of the molecule is COc1ccc(-c2cc(C(=O)N3CCN(c4ccccc4F)CC3)n(-c3ccc(Cl)c(Cl)c3)n2)cc1. The van der Waals surface area contributed by atoms with Crippen LogP contribution in [0.15, 0.2) is 72.8 Å². The lowest BCUT2D eigenvalue weighted by atomic mass is 10.1. The third-order valence-corrected chi connectivity index (χ3v) is 6.96. The zero-order chi connectivity index (χ0) is 25.2. The molecule has 1 saturated heterocycles. The lowest BCUT2D eigenvalue weighted by Crippen LogP contribution is -2.49. The van der Waals surface area contributed by atoms with Gasteiger partial charge in [-0.25, -0.2) is 9.07 Å². The molecule has 1 fully saturated rings. The predicted molar refractivity (Wildman–Crippen MR) is 140 cm³/mol. The van der Waals surface area contributed by atoms with E-state index in [1.807, 2.05) is 35.2 Å². The molecular formula is C27H23Cl2FN4O2. The van der Waals surface area contributed by atoms with E-state index < -0.39 is 0 Å². The number of nitrogens with zero attached hydrogens (tertiary/aromatic N) is 4. The molecule has 0 bridgehead atoms. The molecular weight excluding hydrogens is 502 g/mol. The molecule has 1 amide bonds. The quantitative estimate of drug-likeness (QED) is 0.323. The summed E-state index contributed by atoms with van der Waals surface area (Å²) in [7, 11) is 1.61. The minimum Gasteiger partial charge on any atom is -0.497 e. The van der Waals surface area contributed by atoms with E-state index in [-0.39, 0.29) is 11.7 Å². The summed E-state index contributed by atoms with van der Waals surface area (Å²) in [5, 5.41) is 5.52. The zero-order valence-electron chi connectivity index (χ0n) is 19.5. The van der Waals surface area contributed by atoms with E-state index in [0.29, 0.717) is 59.0 Å². The second-order valence-corrected chi connectivity index (χ2v) is 9.20. The van der Waals surface area contributed by atoms with Crippen LogP contribution in [0.1, 0.15) is 10.5 Å². The number of halogens is 3. The van der Waals surface area contributed by atoms with Crippen LogP contribution in [0.4, 0.5) is 10.1 Å². The fraction of sp³-hybridized carbons (Fsp3) is 0.185. The number of rotatable bonds is 5. The second kappa shape index (κ2) is 10.2. The molecule has 3 aromatic carbocycles. The number of carbonyl (C=O) groups excluding carboxylic acids is 1. The van der Waals surface area contributed by atoms with Crippen molar-refractivity contribution in [1.29, 1.82) is 0 Å². The average molecular weight is 525 g/mol. The minimum atomic E-state index is -0.265. The smallest absolute Gasteiger partial charge is 0.272 e. The number of carbonyl (C=O) groups is 1. The Labute approximate surface area is 218 Å². The van der Waals surface area contributed by atoms with Gasteiger partial charge in [0.25, 0.3) is 5.91 Å². The molecule has 4 aromatic rings. The normalized spacial score (nSPS) is 13.7. The van der Waals surface area contributed by atoms with Crippen molar-refractivity contribution in [3.63, 3.8) is 0 Å². The van der Waals surface area contributed by atoms with E-state index in [4.69, 9.17) is 33.0 Å². The van der Waals surface area contributed by atoms with E-state index in [9.17, 15) is 9.18 Å². The Morgan fingerprint density at radius 1 is 0.917 bits per heavy atom. The van der Waals surface area contributed by atoms with Gasteiger partial charge in [0, 0.05) is 31.7 Å². The van der Waals surface area contributed by atoms with Crippen molar-refractivity contribution >= 4 is 34.8 Å². The first-order chi connectivity index (χ1) is 17.4. The van der Waals surface area contributed by atoms with Crippen molar-refractivity contribution < 1.29 is 13.9 Å². The van der Waals surface area contributed by atoms with Gasteiger partial charge < -0.3 is 14.5 Å². The van der Waals surface area contributed by atoms with E-state index in [1.165, 1.54) is 6.07 Å². The molecule has 36 heavy (non-hydrogen) atoms. The van der Waals surface area contributed by atoms with Crippen molar-refractivity contribution in [3.05, 3.63) is 94.4 Å². The Bertz CT molecular complexity index is 1400. The molecule has 5 rings (SSSR count). The van der Waals surface area contributed by atoms with E-state index in [2.05, 4.69) is 0 Å². The van der Waals surface area contributed by atoms with Gasteiger partial charge in [-0.1, -0.05) is 35.3 Å². The highest BCUT2D eigenvalue weighted by atomic mass is 35.5. The van der Waals surface area contributed by atoms with E-state index in [1.54, 1.807) is 53.1 Å². The van der Waals surface area contributed by atoms with Crippen LogP contribution in [0.2, 0.25) is 10.0 Å². The number of benzene rings is 3. The number of ether oxygens (including phenoxy) is 1. The van der Waals surface area contributed by atoms with Crippen molar-refractivity contribution in [3.8, 4) is 22.7 Å². The van der Waals surface area contributed by atoms with Crippen LogP contribution in [0, 0.1) is 5.82 Å². The zero-order valence-corrected chi connectivity index (χ0v) is 21.0. The summed E-state index contributed by atoms with van der Waals surface area (Å²) in [5.74, 6) is 0.298. The topological polar surface area (TPSA) is 50.6 Å². The number of amides is 1. The molecule has 1 aromatic heterocycles. The first-order valence-corrected chi connectivity index (χ1v) is 12.2. The maximum atomic E-state index is 14.2. The summed E-state index contributed by atoms with van der Waals surface area (Å²) in [6.07, 6.45) is 0. The van der Waals surface area contributed by atoms with Gasteiger partial charge >= 0.3 is 0 Å². The monoisotopic (exact) mass is 524 g/mol. The number of hydrogen-bond donors (Lipinski definition) is 0. The number of anilines is 1. The summed E-state index contributed by atoms with van der Waals surface area (Å²) < 4.78 is 21.1. The largest absolute Gasteiger partial charge is 0.497 e. The van der Waals surface area contributed by atoms with Gasteiger partial charge in [-0.3, -0.25) is 4.79 Å². The van der Waals surface area contributed by atoms with Gasteiger partial charge in [0.2, 0.25) is 0 Å². The van der Waals surface area contributed by atoms with Crippen LogP contribution in [0.25, 0.3) is 16.9 Å². The predicted octanol–water partition coefficient (Wildman–Crippen LogP) is 5.96. The molecule has 0 unspecified atom stereocenters. The molecule has 2 heterocycles. The molecule has 0 N–H and O–H groups in total. The number of para-hydroxylation sites is 1. The van der Waals surface area contributed by atoms with Crippen LogP contribution in [-0.2, 0) is 0 Å². The third kappa shape index (κ3) is 4.76. The number of hydrogen-bond acceptors (Lipinski definition) is 4. The van der Waals surface area contributed by atoms with Crippen LogP contribution in [0.3, 0.4) is 0 Å². The molecule has 1 aliphatic rings. The van der Waals surface area contributed by atoms with Gasteiger partial charge in [-0.2, -0.15) is 5.10 Å². The minimum absolute atomic E-state index is 0.165. The van der Waals surface area contributed by atoms with Crippen LogP contribution in [-0.4, -0.2) is 53.9 Å². The molecule has 0 atom stereocenters. The summed E-state index contributed by atoms with van der Waals surface area (Å²) in [6.45, 7) is 1.97. The van der Waals surface area contributed by atoms with E-state index >= 15 is 0 Å². The molecule has 0 radical (unpaired) electrons. The van der Waals surface area contributed by atoms with Gasteiger partial charge in [0.05, 0.1) is 34.2 Å². The fourth-order valence-corrected chi connectivity index (χ4v) is 4.56. The number of methoxy groups -OCH3 is 1. The van der Waals surface area contributed by atoms with Gasteiger partial charge in [0.1, 0.15) is 17.3 Å². The highest BCUT2D eigenvalue weighted by Crippen LogP contribution is 2.29. The molecule has 6 nitrogen and oxygen atoms in total. The Balaban J connectivity index is 1.45. The number of piperazine rings is 1. The Morgan fingerprint density at radius 2 is 1.64 bits per heavy atom. The highest BCUT2D eigenvalue weighted by Gasteiger charge is 2.27. The Hall–Kier alpha value is -3.55. The molecule has 0 saturated carbocycles. The van der Waals surface area contributed by atoms with Crippen molar-refractivity contribution in [2.45, 2.75) is 0 Å². The molecule has 0 spiro atoms. The Kier molecular flexibility index (Phi) is 6.85. The maximum Gasteiger partial charge on any atom is 0.272 e. The third-order valence-electron chi connectivity index (χ3n) is 6.22. The molecule has 0 aliphatic carbocycles. The first kappa shape index (κ1) is 24.2. The molecule has 1 aliphatic heterocycles. The Morgan fingerprint density at radius 3 is 2.31 bits per heavy atom. The first-order valence-electron chi connectivity index (χ1n) is 11.4. The number of aromatic nitrogens is 2. The van der Waals surface area contributed by atoms with Crippen LogP contribution < -0.4 is 9.64 Å². The summed E-state index contributed by atoms with van der Waals surface area (Å²) in [6, 6.07) is 21.1. The van der Waals surface area contributed by atoms with Crippen molar-refractivity contribution in [1.82, 2.24) is 14.7 Å². The summed E-state index contributed by atoms with van der Waals surface area (Å²) >= 11 is 12.4.